The first-order chi connectivity index (χ1) is 8.86. The maximum Gasteiger partial charge on any atom is 0.282 e. The van der Waals surface area contributed by atoms with E-state index in [0.717, 1.165) is 23.1 Å². The smallest absolute Gasteiger partial charge is 0.282 e. The van der Waals surface area contributed by atoms with Crippen LogP contribution < -0.4 is 0 Å². The lowest BCUT2D eigenvalue weighted by atomic mass is 10.1. The maximum absolute atomic E-state index is 13.1. The van der Waals surface area contributed by atoms with Crippen LogP contribution in [0.15, 0.2) is 18.2 Å². The topological polar surface area (TPSA) is 87.2 Å². The van der Waals surface area contributed by atoms with Crippen molar-refractivity contribution >= 4 is 11.6 Å². The van der Waals surface area contributed by atoms with Gasteiger partial charge in [0.15, 0.2) is 0 Å². The molecule has 1 rings (SSSR count). The number of halogens is 1. The van der Waals surface area contributed by atoms with E-state index in [0.29, 0.717) is 0 Å². The minimum Gasteiger partial charge on any atom is -0.340 e. The van der Waals surface area contributed by atoms with Crippen LogP contribution in [-0.2, 0) is 0 Å². The fourth-order valence-electron chi connectivity index (χ4n) is 1.58. The van der Waals surface area contributed by atoms with E-state index in [1.54, 1.807) is 6.92 Å². The average molecular weight is 265 g/mol. The molecule has 0 bridgehead atoms. The normalized spacial score (nSPS) is 11.5. The third-order valence-electron chi connectivity index (χ3n) is 2.50. The van der Waals surface area contributed by atoms with Crippen LogP contribution in [0.5, 0.6) is 0 Å². The van der Waals surface area contributed by atoms with Crippen LogP contribution in [0.4, 0.5) is 10.1 Å². The Morgan fingerprint density at radius 1 is 1.63 bits per heavy atom. The van der Waals surface area contributed by atoms with Crippen molar-refractivity contribution in [2.45, 2.75) is 6.92 Å². The Bertz CT molecular complexity index is 554. The van der Waals surface area contributed by atoms with E-state index in [4.69, 9.17) is 5.26 Å². The van der Waals surface area contributed by atoms with Crippen molar-refractivity contribution in [3.63, 3.8) is 0 Å². The lowest BCUT2D eigenvalue weighted by Gasteiger charge is -2.18. The number of amides is 1. The zero-order valence-corrected chi connectivity index (χ0v) is 10.5. The number of nitro groups is 1. The highest BCUT2D eigenvalue weighted by molar-refractivity contribution is 5.98. The highest BCUT2D eigenvalue weighted by Crippen LogP contribution is 2.21. The highest BCUT2D eigenvalue weighted by atomic mass is 19.1. The summed E-state index contributed by atoms with van der Waals surface area (Å²) in [6.07, 6.45) is 0. The number of hydrogen-bond donors (Lipinski definition) is 0. The molecule has 6 nitrogen and oxygen atoms in total. The summed E-state index contributed by atoms with van der Waals surface area (Å²) in [5.41, 5.74) is -0.777. The van der Waals surface area contributed by atoms with Crippen molar-refractivity contribution in [1.29, 1.82) is 5.26 Å². The average Bonchev–Trinajstić information content (AvgIpc) is 2.36. The molecule has 0 fully saturated rings. The molecule has 0 aromatic heterocycles. The fourth-order valence-corrected chi connectivity index (χ4v) is 1.58. The summed E-state index contributed by atoms with van der Waals surface area (Å²) in [6, 6.07) is 4.65. The number of rotatable bonds is 4. The maximum atomic E-state index is 13.1. The largest absolute Gasteiger partial charge is 0.340 e. The van der Waals surface area contributed by atoms with E-state index >= 15 is 0 Å². The Morgan fingerprint density at radius 3 is 2.79 bits per heavy atom. The number of carbonyl (C=O) groups excluding carboxylic acids is 1. The molecule has 0 aliphatic heterocycles. The van der Waals surface area contributed by atoms with Gasteiger partial charge < -0.3 is 4.90 Å². The standard InChI is InChI=1S/C12H12FN3O3/c1-8(6-14)7-15(2)12(17)10-5-9(13)3-4-11(10)16(18)19/h3-5,8H,7H2,1-2H3. The quantitative estimate of drug-likeness (QED) is 0.615. The lowest BCUT2D eigenvalue weighted by molar-refractivity contribution is -0.385. The predicted octanol–water partition coefficient (Wildman–Crippen LogP) is 1.97. The third kappa shape index (κ3) is 3.48. The molecule has 0 spiro atoms. The van der Waals surface area contributed by atoms with Gasteiger partial charge in [0, 0.05) is 19.7 Å². The summed E-state index contributed by atoms with van der Waals surface area (Å²) < 4.78 is 13.1. The Labute approximate surface area is 109 Å². The van der Waals surface area contributed by atoms with Crippen molar-refractivity contribution in [3.8, 4) is 6.07 Å². The second-order valence-corrected chi connectivity index (χ2v) is 4.13. The van der Waals surface area contributed by atoms with Crippen LogP contribution in [0, 0.1) is 33.2 Å². The van der Waals surface area contributed by atoms with E-state index in [9.17, 15) is 19.3 Å². The van der Waals surface area contributed by atoms with Gasteiger partial charge in [0.2, 0.25) is 0 Å². The molecule has 1 unspecified atom stereocenters. The van der Waals surface area contributed by atoms with Gasteiger partial charge in [-0.3, -0.25) is 14.9 Å². The lowest BCUT2D eigenvalue weighted by Crippen LogP contribution is -2.31. The highest BCUT2D eigenvalue weighted by Gasteiger charge is 2.24. The zero-order valence-electron chi connectivity index (χ0n) is 10.5. The van der Waals surface area contributed by atoms with Crippen molar-refractivity contribution in [2.75, 3.05) is 13.6 Å². The first-order valence-corrected chi connectivity index (χ1v) is 5.45. The van der Waals surface area contributed by atoms with Crippen molar-refractivity contribution < 1.29 is 14.1 Å². The second-order valence-electron chi connectivity index (χ2n) is 4.13. The minimum absolute atomic E-state index is 0.114. The molecule has 0 N–H and O–H groups in total. The summed E-state index contributed by atoms with van der Waals surface area (Å²) >= 11 is 0. The Morgan fingerprint density at radius 2 is 2.26 bits per heavy atom. The van der Waals surface area contributed by atoms with E-state index in [1.807, 2.05) is 6.07 Å². The summed E-state index contributed by atoms with van der Waals surface area (Å²) in [5, 5.41) is 19.5. The van der Waals surface area contributed by atoms with Crippen LogP contribution in [0.3, 0.4) is 0 Å². The van der Waals surface area contributed by atoms with Crippen molar-refractivity contribution in [3.05, 3.63) is 39.7 Å². The summed E-state index contributed by atoms with van der Waals surface area (Å²) in [4.78, 5) is 23.2. The number of benzene rings is 1. The first-order valence-electron chi connectivity index (χ1n) is 5.45. The van der Waals surface area contributed by atoms with Gasteiger partial charge >= 0.3 is 0 Å². The van der Waals surface area contributed by atoms with Crippen molar-refractivity contribution in [1.82, 2.24) is 4.90 Å². The number of hydrogen-bond acceptors (Lipinski definition) is 4. The van der Waals surface area contributed by atoms with Crippen molar-refractivity contribution in [2.24, 2.45) is 5.92 Å². The van der Waals surface area contributed by atoms with Gasteiger partial charge in [-0.15, -0.1) is 0 Å². The van der Waals surface area contributed by atoms with E-state index in [2.05, 4.69) is 0 Å². The minimum atomic E-state index is -0.742. The third-order valence-corrected chi connectivity index (χ3v) is 2.50. The summed E-state index contributed by atoms with van der Waals surface area (Å²) in [6.45, 7) is 1.73. The number of nitrogens with zero attached hydrogens (tertiary/aromatic N) is 3. The van der Waals surface area contributed by atoms with Crippen LogP contribution in [0.25, 0.3) is 0 Å². The molecule has 0 radical (unpaired) electrons. The number of nitro benzene ring substituents is 1. The number of carbonyl (C=O) groups is 1. The molecular weight excluding hydrogens is 253 g/mol. The van der Waals surface area contributed by atoms with Gasteiger partial charge in [0.1, 0.15) is 11.4 Å². The molecule has 0 aliphatic carbocycles. The molecule has 100 valence electrons. The Hall–Kier alpha value is -2.49. The number of nitriles is 1. The van der Waals surface area contributed by atoms with Gasteiger partial charge in [-0.05, 0) is 19.1 Å². The molecule has 19 heavy (non-hydrogen) atoms. The second kappa shape index (κ2) is 5.91. The zero-order chi connectivity index (χ0) is 14.6. The van der Waals surface area contributed by atoms with Gasteiger partial charge in [0.05, 0.1) is 16.9 Å². The van der Waals surface area contributed by atoms with Gasteiger partial charge in [-0.1, -0.05) is 0 Å². The molecule has 1 aromatic rings. The Kier molecular flexibility index (Phi) is 4.53. The Balaban J connectivity index is 3.08. The van der Waals surface area contributed by atoms with Crippen LogP contribution in [-0.4, -0.2) is 29.3 Å². The predicted molar refractivity (Wildman–Crippen MR) is 64.8 cm³/mol. The SMILES string of the molecule is CC(C#N)CN(C)C(=O)c1cc(F)ccc1[N+](=O)[O-]. The summed E-state index contributed by atoms with van der Waals surface area (Å²) in [7, 11) is 1.41. The van der Waals surface area contributed by atoms with E-state index in [-0.39, 0.29) is 12.1 Å². The van der Waals surface area contributed by atoms with Gasteiger partial charge in [-0.2, -0.15) is 5.26 Å². The van der Waals surface area contributed by atoms with E-state index < -0.39 is 28.3 Å². The molecule has 1 aromatic carbocycles. The molecule has 1 amide bonds. The molecule has 0 saturated heterocycles. The molecule has 1 atom stereocenters. The van der Waals surface area contributed by atoms with E-state index in [1.165, 1.54) is 7.05 Å². The molecule has 0 heterocycles. The molecule has 0 aliphatic rings. The molecule has 7 heteroatoms. The first kappa shape index (κ1) is 14.6. The summed E-state index contributed by atoms with van der Waals surface area (Å²) in [5.74, 6) is -1.83. The van der Waals surface area contributed by atoms with Crippen LogP contribution >= 0.6 is 0 Å². The van der Waals surface area contributed by atoms with Crippen LogP contribution in [0.1, 0.15) is 17.3 Å². The fraction of sp³-hybridized carbons (Fsp3) is 0.333. The molecular formula is C12H12FN3O3. The molecule has 0 saturated carbocycles. The van der Waals surface area contributed by atoms with Gasteiger partial charge in [-0.25, -0.2) is 4.39 Å². The van der Waals surface area contributed by atoms with Gasteiger partial charge in [0.25, 0.3) is 11.6 Å². The monoisotopic (exact) mass is 265 g/mol. The van der Waals surface area contributed by atoms with Crippen LogP contribution in [0.2, 0.25) is 0 Å².